The first-order chi connectivity index (χ1) is 12.8. The minimum absolute atomic E-state index is 0.143. The summed E-state index contributed by atoms with van der Waals surface area (Å²) in [6, 6.07) is 13.1. The second-order valence-electron chi connectivity index (χ2n) is 6.72. The predicted octanol–water partition coefficient (Wildman–Crippen LogP) is 2.67. The van der Waals surface area contributed by atoms with Crippen molar-refractivity contribution in [1.82, 2.24) is 15.5 Å². The quantitative estimate of drug-likeness (QED) is 0.787. The standard InChI is InChI=1S/C21H26FN3O2/c1-5-23-19(26)16-8-6-7-15(13-16)14-24-20(27)21(2,25(3)4)17-9-11-18(22)12-10-17/h6-13H,5,14H2,1-4H3,(H,23,26)(H,24,27)/t21-/m0/s1. The van der Waals surface area contributed by atoms with Crippen molar-refractivity contribution in [2.75, 3.05) is 20.6 Å². The fourth-order valence-electron chi connectivity index (χ4n) is 2.81. The van der Waals surface area contributed by atoms with Gasteiger partial charge in [0.1, 0.15) is 11.4 Å². The molecular formula is C21H26FN3O2. The Hall–Kier alpha value is -2.73. The number of halogens is 1. The van der Waals surface area contributed by atoms with Crippen LogP contribution in [-0.2, 0) is 16.9 Å². The van der Waals surface area contributed by atoms with Gasteiger partial charge < -0.3 is 10.6 Å². The number of amides is 2. The number of benzene rings is 2. The molecule has 144 valence electrons. The molecule has 0 saturated carbocycles. The first-order valence-corrected chi connectivity index (χ1v) is 8.88. The summed E-state index contributed by atoms with van der Waals surface area (Å²) in [6.45, 7) is 4.50. The molecule has 2 rings (SSSR count). The van der Waals surface area contributed by atoms with Gasteiger partial charge in [-0.3, -0.25) is 14.5 Å². The van der Waals surface area contributed by atoms with Crippen LogP contribution in [0.4, 0.5) is 4.39 Å². The Labute approximate surface area is 159 Å². The molecule has 0 saturated heterocycles. The molecule has 0 heterocycles. The van der Waals surface area contributed by atoms with Crippen molar-refractivity contribution >= 4 is 11.8 Å². The molecule has 5 nitrogen and oxygen atoms in total. The summed E-state index contributed by atoms with van der Waals surface area (Å²) in [5, 5.41) is 5.68. The van der Waals surface area contributed by atoms with E-state index in [1.54, 1.807) is 56.3 Å². The molecule has 27 heavy (non-hydrogen) atoms. The van der Waals surface area contributed by atoms with E-state index >= 15 is 0 Å². The molecule has 2 amide bonds. The van der Waals surface area contributed by atoms with Crippen molar-refractivity contribution in [3.8, 4) is 0 Å². The van der Waals surface area contributed by atoms with E-state index in [1.807, 2.05) is 13.0 Å². The largest absolute Gasteiger partial charge is 0.352 e. The van der Waals surface area contributed by atoms with Gasteiger partial charge in [-0.05, 0) is 63.3 Å². The fraction of sp³-hybridized carbons (Fsp3) is 0.333. The highest BCUT2D eigenvalue weighted by molar-refractivity contribution is 5.94. The van der Waals surface area contributed by atoms with Crippen LogP contribution in [0.3, 0.4) is 0 Å². The van der Waals surface area contributed by atoms with Crippen molar-refractivity contribution in [2.45, 2.75) is 25.9 Å². The zero-order valence-corrected chi connectivity index (χ0v) is 16.2. The number of nitrogens with one attached hydrogen (secondary N) is 2. The van der Waals surface area contributed by atoms with Gasteiger partial charge in [0.25, 0.3) is 5.91 Å². The third-order valence-corrected chi connectivity index (χ3v) is 4.72. The number of carbonyl (C=O) groups excluding carboxylic acids is 2. The summed E-state index contributed by atoms with van der Waals surface area (Å²) in [4.78, 5) is 26.7. The normalized spacial score (nSPS) is 13.1. The Kier molecular flexibility index (Phi) is 6.69. The van der Waals surface area contributed by atoms with Gasteiger partial charge in [-0.2, -0.15) is 0 Å². The highest BCUT2D eigenvalue weighted by Gasteiger charge is 2.37. The molecule has 0 unspecified atom stereocenters. The van der Waals surface area contributed by atoms with Gasteiger partial charge in [0.15, 0.2) is 0 Å². The van der Waals surface area contributed by atoms with Crippen LogP contribution in [0, 0.1) is 5.82 Å². The lowest BCUT2D eigenvalue weighted by molar-refractivity contribution is -0.131. The highest BCUT2D eigenvalue weighted by atomic mass is 19.1. The Bertz CT molecular complexity index is 805. The molecule has 2 aromatic carbocycles. The molecule has 2 aromatic rings. The molecule has 0 aliphatic rings. The average Bonchev–Trinajstić information content (AvgIpc) is 2.66. The molecule has 0 fully saturated rings. The molecule has 0 spiro atoms. The summed E-state index contributed by atoms with van der Waals surface area (Å²) in [6.07, 6.45) is 0. The minimum atomic E-state index is -0.953. The Morgan fingerprint density at radius 3 is 2.33 bits per heavy atom. The van der Waals surface area contributed by atoms with Crippen LogP contribution in [0.5, 0.6) is 0 Å². The molecule has 0 bridgehead atoms. The summed E-state index contributed by atoms with van der Waals surface area (Å²) >= 11 is 0. The van der Waals surface area contributed by atoms with Gasteiger partial charge in [-0.1, -0.05) is 24.3 Å². The lowest BCUT2D eigenvalue weighted by Gasteiger charge is -2.35. The Morgan fingerprint density at radius 2 is 1.74 bits per heavy atom. The first kappa shape index (κ1) is 20.6. The van der Waals surface area contributed by atoms with Crippen molar-refractivity contribution < 1.29 is 14.0 Å². The molecule has 6 heteroatoms. The van der Waals surface area contributed by atoms with Gasteiger partial charge in [0.2, 0.25) is 5.91 Å². The van der Waals surface area contributed by atoms with Gasteiger partial charge in [0, 0.05) is 18.7 Å². The topological polar surface area (TPSA) is 61.4 Å². The SMILES string of the molecule is CCNC(=O)c1cccc(CNC(=O)[C@](C)(c2ccc(F)cc2)N(C)C)c1. The van der Waals surface area contributed by atoms with Crippen molar-refractivity contribution in [3.63, 3.8) is 0 Å². The third kappa shape index (κ3) is 4.71. The second-order valence-corrected chi connectivity index (χ2v) is 6.72. The third-order valence-electron chi connectivity index (χ3n) is 4.72. The zero-order chi connectivity index (χ0) is 20.0. The van der Waals surface area contributed by atoms with Crippen molar-refractivity contribution in [1.29, 1.82) is 0 Å². The zero-order valence-electron chi connectivity index (χ0n) is 16.2. The van der Waals surface area contributed by atoms with E-state index in [2.05, 4.69) is 10.6 Å². The molecule has 0 aliphatic heterocycles. The second kappa shape index (κ2) is 8.77. The van der Waals surface area contributed by atoms with Crippen molar-refractivity contribution in [2.24, 2.45) is 0 Å². The van der Waals surface area contributed by atoms with E-state index in [0.29, 0.717) is 17.7 Å². The molecule has 0 aromatic heterocycles. The Balaban J connectivity index is 2.16. The molecule has 0 aliphatic carbocycles. The lowest BCUT2D eigenvalue weighted by atomic mass is 9.89. The smallest absolute Gasteiger partial charge is 0.251 e. The van der Waals surface area contributed by atoms with Crippen molar-refractivity contribution in [3.05, 3.63) is 71.0 Å². The summed E-state index contributed by atoms with van der Waals surface area (Å²) < 4.78 is 13.3. The average molecular weight is 371 g/mol. The van der Waals surface area contributed by atoms with E-state index in [9.17, 15) is 14.0 Å². The maximum Gasteiger partial charge on any atom is 0.251 e. The molecule has 2 N–H and O–H groups in total. The van der Waals surface area contributed by atoms with E-state index in [1.165, 1.54) is 12.1 Å². The monoisotopic (exact) mass is 371 g/mol. The fourth-order valence-corrected chi connectivity index (χ4v) is 2.81. The van der Waals surface area contributed by atoms with Crippen LogP contribution in [0.25, 0.3) is 0 Å². The highest BCUT2D eigenvalue weighted by Crippen LogP contribution is 2.27. The maximum absolute atomic E-state index is 13.3. The summed E-state index contributed by atoms with van der Waals surface area (Å²) in [7, 11) is 3.61. The number of hydrogen-bond donors (Lipinski definition) is 2. The van der Waals surface area contributed by atoms with E-state index in [0.717, 1.165) is 5.56 Å². The number of likely N-dealkylation sites (N-methyl/N-ethyl adjacent to an activating group) is 1. The molecular weight excluding hydrogens is 345 g/mol. The number of nitrogens with zero attached hydrogens (tertiary/aromatic N) is 1. The van der Waals surface area contributed by atoms with E-state index in [-0.39, 0.29) is 24.2 Å². The van der Waals surface area contributed by atoms with Gasteiger partial charge in [-0.25, -0.2) is 4.39 Å². The molecule has 0 radical (unpaired) electrons. The van der Waals surface area contributed by atoms with Crippen LogP contribution in [-0.4, -0.2) is 37.4 Å². The van der Waals surface area contributed by atoms with Gasteiger partial charge >= 0.3 is 0 Å². The summed E-state index contributed by atoms with van der Waals surface area (Å²) in [5.41, 5.74) is 1.12. The predicted molar refractivity (Wildman–Crippen MR) is 104 cm³/mol. The Morgan fingerprint density at radius 1 is 1.07 bits per heavy atom. The molecule has 1 atom stereocenters. The van der Waals surface area contributed by atoms with Crippen LogP contribution in [0.15, 0.2) is 48.5 Å². The van der Waals surface area contributed by atoms with Crippen LogP contribution < -0.4 is 10.6 Å². The van der Waals surface area contributed by atoms with Gasteiger partial charge in [0.05, 0.1) is 0 Å². The minimum Gasteiger partial charge on any atom is -0.352 e. The van der Waals surface area contributed by atoms with Crippen LogP contribution in [0.2, 0.25) is 0 Å². The van der Waals surface area contributed by atoms with E-state index in [4.69, 9.17) is 0 Å². The maximum atomic E-state index is 13.3. The summed E-state index contributed by atoms with van der Waals surface area (Å²) in [5.74, 6) is -0.694. The lowest BCUT2D eigenvalue weighted by Crippen LogP contribution is -2.51. The number of hydrogen-bond acceptors (Lipinski definition) is 3. The van der Waals surface area contributed by atoms with Crippen LogP contribution in [0.1, 0.15) is 35.3 Å². The first-order valence-electron chi connectivity index (χ1n) is 8.88. The van der Waals surface area contributed by atoms with Crippen LogP contribution >= 0.6 is 0 Å². The van der Waals surface area contributed by atoms with E-state index < -0.39 is 5.54 Å². The number of rotatable bonds is 7. The van der Waals surface area contributed by atoms with Gasteiger partial charge in [-0.15, -0.1) is 0 Å². The number of carbonyl (C=O) groups is 2.